The summed E-state index contributed by atoms with van der Waals surface area (Å²) >= 11 is 0. The molecular weight excluding hydrogens is 332 g/mol. The highest BCUT2D eigenvalue weighted by molar-refractivity contribution is 5.87. The summed E-state index contributed by atoms with van der Waals surface area (Å²) in [4.78, 5) is 12.1. The molecule has 0 spiro atoms. The van der Waals surface area contributed by atoms with Crippen molar-refractivity contribution in [3.8, 4) is 0 Å². The van der Waals surface area contributed by atoms with Crippen LogP contribution >= 0.6 is 0 Å². The van der Waals surface area contributed by atoms with E-state index in [1.807, 2.05) is 20.8 Å². The summed E-state index contributed by atoms with van der Waals surface area (Å²) in [5.74, 6) is -0.271. The molecule has 0 saturated carbocycles. The molecule has 0 aliphatic carbocycles. The van der Waals surface area contributed by atoms with Gasteiger partial charge in [-0.05, 0) is 90.3 Å². The van der Waals surface area contributed by atoms with Crippen molar-refractivity contribution in [2.45, 2.75) is 92.6 Å². The second kappa shape index (κ2) is 10.5. The fourth-order valence-electron chi connectivity index (χ4n) is 3.28. The molecule has 0 atom stereocenters. The number of ether oxygens (including phenoxy) is 1. The molecule has 27 heavy (non-hydrogen) atoms. The smallest absolute Gasteiger partial charge is 0.333 e. The number of aryl methyl sites for hydroxylation is 3. The number of esters is 1. The number of hydrogen-bond donors (Lipinski definition) is 0. The summed E-state index contributed by atoms with van der Waals surface area (Å²) < 4.78 is 5.41. The number of hydrogen-bond acceptors (Lipinski definition) is 2. The summed E-state index contributed by atoms with van der Waals surface area (Å²) in [7, 11) is 0. The van der Waals surface area contributed by atoms with Gasteiger partial charge in [0.25, 0.3) is 0 Å². The van der Waals surface area contributed by atoms with Crippen LogP contribution in [0.2, 0.25) is 0 Å². The molecular formula is C25H38O2. The van der Waals surface area contributed by atoms with Gasteiger partial charge in [0.05, 0.1) is 0 Å². The fraction of sp³-hybridized carbons (Fsp3) is 0.560. The Labute approximate surface area is 166 Å². The lowest BCUT2D eigenvalue weighted by atomic mass is 9.94. The van der Waals surface area contributed by atoms with Gasteiger partial charge in [-0.3, -0.25) is 0 Å². The van der Waals surface area contributed by atoms with Crippen LogP contribution in [-0.4, -0.2) is 11.6 Å². The monoisotopic (exact) mass is 370 g/mol. The van der Waals surface area contributed by atoms with Gasteiger partial charge >= 0.3 is 5.97 Å². The molecule has 2 nitrogen and oxygen atoms in total. The molecule has 0 unspecified atom stereocenters. The lowest BCUT2D eigenvalue weighted by Gasteiger charge is -2.20. The zero-order chi connectivity index (χ0) is 20.6. The number of carbonyl (C=O) groups is 1. The van der Waals surface area contributed by atoms with E-state index in [0.717, 1.165) is 19.3 Å². The van der Waals surface area contributed by atoms with Gasteiger partial charge < -0.3 is 4.74 Å². The maximum absolute atomic E-state index is 12.1. The van der Waals surface area contributed by atoms with Crippen LogP contribution in [0.1, 0.15) is 88.5 Å². The van der Waals surface area contributed by atoms with Crippen molar-refractivity contribution in [2.24, 2.45) is 0 Å². The second-order valence-electron chi connectivity index (χ2n) is 8.68. The number of rotatable bonds is 9. The minimum atomic E-state index is -0.466. The molecule has 1 rings (SSSR count). The lowest BCUT2D eigenvalue weighted by molar-refractivity contribution is -0.150. The van der Waals surface area contributed by atoms with Crippen LogP contribution in [0, 0.1) is 20.8 Å². The summed E-state index contributed by atoms with van der Waals surface area (Å²) in [6, 6.07) is 4.50. The SMILES string of the molecule is C=C(CCCC(=Cc1c(C)cc(C)cc1C)CCCC)C(=O)OC(C)(C)C. The molecule has 0 fully saturated rings. The maximum atomic E-state index is 12.1. The molecule has 0 radical (unpaired) electrons. The fourth-order valence-corrected chi connectivity index (χ4v) is 3.28. The molecule has 0 aliphatic rings. The Hall–Kier alpha value is -1.83. The van der Waals surface area contributed by atoms with Gasteiger partial charge in [-0.25, -0.2) is 4.79 Å². The van der Waals surface area contributed by atoms with Crippen LogP contribution in [-0.2, 0) is 9.53 Å². The lowest BCUT2D eigenvalue weighted by Crippen LogP contribution is -2.24. The Kier molecular flexibility index (Phi) is 9.02. The Bertz CT molecular complexity index is 664. The van der Waals surface area contributed by atoms with E-state index in [1.54, 1.807) is 0 Å². The van der Waals surface area contributed by atoms with Crippen molar-refractivity contribution in [1.29, 1.82) is 0 Å². The van der Waals surface area contributed by atoms with E-state index in [9.17, 15) is 4.79 Å². The first kappa shape index (κ1) is 23.2. The van der Waals surface area contributed by atoms with Crippen molar-refractivity contribution in [3.05, 3.63) is 52.1 Å². The molecule has 0 heterocycles. The summed E-state index contributed by atoms with van der Waals surface area (Å²) in [6.45, 7) is 18.3. The zero-order valence-electron chi connectivity index (χ0n) is 18.5. The van der Waals surface area contributed by atoms with Crippen LogP contribution < -0.4 is 0 Å². The van der Waals surface area contributed by atoms with Gasteiger partial charge in [0.1, 0.15) is 5.60 Å². The minimum absolute atomic E-state index is 0.271. The van der Waals surface area contributed by atoms with Crippen molar-refractivity contribution >= 4 is 12.0 Å². The van der Waals surface area contributed by atoms with Gasteiger partial charge in [0, 0.05) is 5.57 Å². The molecule has 0 bridgehead atoms. The van der Waals surface area contributed by atoms with Crippen LogP contribution in [0.5, 0.6) is 0 Å². The summed E-state index contributed by atoms with van der Waals surface area (Å²) in [5, 5.41) is 0. The Morgan fingerprint density at radius 3 is 2.11 bits per heavy atom. The number of allylic oxidation sites excluding steroid dienone is 1. The Morgan fingerprint density at radius 2 is 1.59 bits per heavy atom. The molecule has 1 aromatic carbocycles. The highest BCUT2D eigenvalue weighted by Crippen LogP contribution is 2.25. The average molecular weight is 371 g/mol. The van der Waals surface area contributed by atoms with Crippen molar-refractivity contribution in [3.63, 3.8) is 0 Å². The predicted octanol–water partition coefficient (Wildman–Crippen LogP) is 7.25. The maximum Gasteiger partial charge on any atom is 0.333 e. The Morgan fingerprint density at radius 1 is 1.04 bits per heavy atom. The molecule has 150 valence electrons. The van der Waals surface area contributed by atoms with Gasteiger partial charge in [0.15, 0.2) is 0 Å². The summed E-state index contributed by atoms with van der Waals surface area (Å²) in [6.07, 6.45) is 8.48. The van der Waals surface area contributed by atoms with Crippen LogP contribution in [0.4, 0.5) is 0 Å². The molecule has 0 aromatic heterocycles. The predicted molar refractivity (Wildman–Crippen MR) is 117 cm³/mol. The van der Waals surface area contributed by atoms with Crippen molar-refractivity contribution in [1.82, 2.24) is 0 Å². The van der Waals surface area contributed by atoms with Crippen LogP contribution in [0.15, 0.2) is 29.9 Å². The van der Waals surface area contributed by atoms with Gasteiger partial charge in [0.2, 0.25) is 0 Å². The van der Waals surface area contributed by atoms with Crippen LogP contribution in [0.3, 0.4) is 0 Å². The van der Waals surface area contributed by atoms with E-state index in [0.29, 0.717) is 12.0 Å². The largest absolute Gasteiger partial charge is 0.457 e. The quantitative estimate of drug-likeness (QED) is 0.338. The molecule has 2 heteroatoms. The van der Waals surface area contributed by atoms with E-state index in [2.05, 4.69) is 52.5 Å². The first-order valence-electron chi connectivity index (χ1n) is 10.2. The van der Waals surface area contributed by atoms with E-state index < -0.39 is 5.60 Å². The number of benzene rings is 1. The van der Waals surface area contributed by atoms with E-state index in [1.165, 1.54) is 40.7 Å². The third kappa shape index (κ3) is 8.60. The average Bonchev–Trinajstić information content (AvgIpc) is 2.53. The van der Waals surface area contributed by atoms with Gasteiger partial charge in [-0.1, -0.05) is 49.3 Å². The molecule has 0 N–H and O–H groups in total. The highest BCUT2D eigenvalue weighted by Gasteiger charge is 2.18. The second-order valence-corrected chi connectivity index (χ2v) is 8.68. The van der Waals surface area contributed by atoms with Crippen LogP contribution in [0.25, 0.3) is 6.08 Å². The van der Waals surface area contributed by atoms with Crippen molar-refractivity contribution < 1.29 is 9.53 Å². The molecule has 0 saturated heterocycles. The topological polar surface area (TPSA) is 26.3 Å². The van der Waals surface area contributed by atoms with E-state index in [-0.39, 0.29) is 5.97 Å². The van der Waals surface area contributed by atoms with Crippen molar-refractivity contribution in [2.75, 3.05) is 0 Å². The normalized spacial score (nSPS) is 12.2. The number of carbonyl (C=O) groups excluding carboxylic acids is 1. The summed E-state index contributed by atoms with van der Waals surface area (Å²) in [5.41, 5.74) is 6.89. The standard InChI is InChI=1S/C25H38O2/c1-9-10-13-22(17-23-20(4)15-18(2)16-21(23)5)14-11-12-19(3)24(26)27-25(6,7)8/h15-17H,3,9-14H2,1-2,4-8H3. The third-order valence-electron chi connectivity index (χ3n) is 4.60. The molecule has 1 aromatic rings. The third-order valence-corrected chi connectivity index (χ3v) is 4.60. The molecule has 0 aliphatic heterocycles. The van der Waals surface area contributed by atoms with Gasteiger partial charge in [-0.2, -0.15) is 0 Å². The minimum Gasteiger partial charge on any atom is -0.457 e. The first-order chi connectivity index (χ1) is 12.5. The van der Waals surface area contributed by atoms with Gasteiger partial charge in [-0.15, -0.1) is 0 Å². The number of unbranched alkanes of at least 4 members (excludes halogenated alkanes) is 1. The zero-order valence-corrected chi connectivity index (χ0v) is 18.5. The van der Waals surface area contributed by atoms with E-state index >= 15 is 0 Å². The van der Waals surface area contributed by atoms with E-state index in [4.69, 9.17) is 4.74 Å². The molecule has 0 amide bonds. The highest BCUT2D eigenvalue weighted by atomic mass is 16.6. The Balaban J connectivity index is 2.79. The first-order valence-corrected chi connectivity index (χ1v) is 10.2.